The van der Waals surface area contributed by atoms with Gasteiger partial charge in [0, 0.05) is 24.8 Å². The van der Waals surface area contributed by atoms with Gasteiger partial charge in [0.25, 0.3) is 5.91 Å². The van der Waals surface area contributed by atoms with E-state index in [2.05, 4.69) is 0 Å². The summed E-state index contributed by atoms with van der Waals surface area (Å²) in [7, 11) is 2.90. The second kappa shape index (κ2) is 6.47. The normalized spacial score (nSPS) is 15.6. The summed E-state index contributed by atoms with van der Waals surface area (Å²) in [5.74, 6) is 0.0461. The molecule has 1 saturated heterocycles. The summed E-state index contributed by atoms with van der Waals surface area (Å²) in [6.07, 6.45) is 1.24. The molecule has 1 aliphatic heterocycles. The molecule has 0 aliphatic carbocycles. The third-order valence-corrected chi connectivity index (χ3v) is 3.77. The molecule has 1 aromatic rings. The van der Waals surface area contributed by atoms with Crippen LogP contribution in [0.1, 0.15) is 23.2 Å². The molecule has 1 aromatic carbocycles. The monoisotopic (exact) mass is 292 g/mol. The number of esters is 1. The average Bonchev–Trinajstić information content (AvgIpc) is 2.53. The number of methoxy groups -OCH3 is 2. The van der Waals surface area contributed by atoms with Crippen molar-refractivity contribution in [1.82, 2.24) is 4.90 Å². The molecular weight excluding hydrogens is 272 g/mol. The second-order valence-corrected chi connectivity index (χ2v) is 5.05. The van der Waals surface area contributed by atoms with Crippen molar-refractivity contribution in [3.05, 3.63) is 23.8 Å². The summed E-state index contributed by atoms with van der Waals surface area (Å²) in [6.45, 7) is 1.07. The van der Waals surface area contributed by atoms with Crippen LogP contribution in [0, 0.1) is 5.92 Å². The average molecular weight is 292 g/mol. The van der Waals surface area contributed by atoms with Crippen molar-refractivity contribution in [2.45, 2.75) is 12.8 Å². The van der Waals surface area contributed by atoms with E-state index >= 15 is 0 Å². The highest BCUT2D eigenvalue weighted by Crippen LogP contribution is 2.25. The lowest BCUT2D eigenvalue weighted by Crippen LogP contribution is -2.40. The second-order valence-electron chi connectivity index (χ2n) is 5.05. The van der Waals surface area contributed by atoms with Crippen molar-refractivity contribution in [3.63, 3.8) is 0 Å². The quantitative estimate of drug-likeness (QED) is 0.671. The van der Waals surface area contributed by atoms with Crippen molar-refractivity contribution in [2.75, 3.05) is 33.0 Å². The first-order chi connectivity index (χ1) is 10.1. The minimum atomic E-state index is -0.202. The predicted octanol–water partition coefficient (Wildman–Crippen LogP) is 1.30. The molecule has 1 fully saturated rings. The molecule has 0 spiro atoms. The highest BCUT2D eigenvalue weighted by Gasteiger charge is 2.29. The number of piperidine rings is 1. The first-order valence-corrected chi connectivity index (χ1v) is 6.87. The van der Waals surface area contributed by atoms with E-state index in [0.717, 1.165) is 0 Å². The van der Waals surface area contributed by atoms with E-state index in [1.807, 2.05) is 0 Å². The topological polar surface area (TPSA) is 81.9 Å². The van der Waals surface area contributed by atoms with Crippen molar-refractivity contribution in [3.8, 4) is 5.75 Å². The van der Waals surface area contributed by atoms with Crippen LogP contribution in [-0.4, -0.2) is 44.1 Å². The molecule has 6 nitrogen and oxygen atoms in total. The summed E-state index contributed by atoms with van der Waals surface area (Å²) in [5.41, 5.74) is 6.73. The molecule has 1 heterocycles. The van der Waals surface area contributed by atoms with Crippen molar-refractivity contribution < 1.29 is 19.1 Å². The van der Waals surface area contributed by atoms with Crippen LogP contribution >= 0.6 is 0 Å². The van der Waals surface area contributed by atoms with Gasteiger partial charge in [-0.2, -0.15) is 0 Å². The van der Waals surface area contributed by atoms with Gasteiger partial charge in [-0.1, -0.05) is 0 Å². The number of hydrogen-bond donors (Lipinski definition) is 1. The van der Waals surface area contributed by atoms with E-state index in [4.69, 9.17) is 15.2 Å². The predicted molar refractivity (Wildman–Crippen MR) is 78.0 cm³/mol. The Hall–Kier alpha value is -2.24. The van der Waals surface area contributed by atoms with Crippen LogP contribution in [0.2, 0.25) is 0 Å². The maximum atomic E-state index is 12.5. The number of carbonyl (C=O) groups excluding carboxylic acids is 2. The number of ether oxygens (including phenoxy) is 2. The number of nitrogen functional groups attached to an aromatic ring is 1. The van der Waals surface area contributed by atoms with E-state index in [9.17, 15) is 9.59 Å². The first-order valence-electron chi connectivity index (χ1n) is 6.87. The fourth-order valence-corrected chi connectivity index (χ4v) is 2.54. The number of nitrogens with two attached hydrogens (primary N) is 1. The van der Waals surface area contributed by atoms with E-state index < -0.39 is 0 Å². The summed E-state index contributed by atoms with van der Waals surface area (Å²) >= 11 is 0. The molecule has 0 saturated carbocycles. The van der Waals surface area contributed by atoms with E-state index in [1.54, 1.807) is 23.1 Å². The molecule has 6 heteroatoms. The Balaban J connectivity index is 2.07. The Kier molecular flexibility index (Phi) is 4.67. The van der Waals surface area contributed by atoms with E-state index in [0.29, 0.717) is 42.9 Å². The molecule has 2 N–H and O–H groups in total. The lowest BCUT2D eigenvalue weighted by molar-refractivity contribution is -0.146. The zero-order valence-electron chi connectivity index (χ0n) is 12.3. The SMILES string of the molecule is COC(=O)C1CCN(C(=O)c2ccc(N)cc2OC)CC1. The summed E-state index contributed by atoms with van der Waals surface area (Å²) in [6, 6.07) is 4.98. The Morgan fingerprint density at radius 1 is 1.24 bits per heavy atom. The standard InChI is InChI=1S/C15H20N2O4/c1-20-13-9-11(16)3-4-12(13)14(18)17-7-5-10(6-8-17)15(19)21-2/h3-4,9-10H,5-8,16H2,1-2H3. The van der Waals surface area contributed by atoms with Gasteiger partial charge in [0.15, 0.2) is 0 Å². The van der Waals surface area contributed by atoms with Crippen LogP contribution in [0.15, 0.2) is 18.2 Å². The van der Waals surface area contributed by atoms with Gasteiger partial charge in [0.1, 0.15) is 5.75 Å². The fraction of sp³-hybridized carbons (Fsp3) is 0.467. The van der Waals surface area contributed by atoms with Gasteiger partial charge in [0.2, 0.25) is 0 Å². The van der Waals surface area contributed by atoms with E-state index in [-0.39, 0.29) is 17.8 Å². The molecule has 0 atom stereocenters. The van der Waals surface area contributed by atoms with Gasteiger partial charge in [-0.3, -0.25) is 9.59 Å². The van der Waals surface area contributed by atoms with Gasteiger partial charge in [-0.05, 0) is 25.0 Å². The Bertz CT molecular complexity index is 536. The summed E-state index contributed by atoms with van der Waals surface area (Å²) in [5, 5.41) is 0. The van der Waals surface area contributed by atoms with Gasteiger partial charge in [0.05, 0.1) is 25.7 Å². The molecule has 114 valence electrons. The first kappa shape index (κ1) is 15.2. The van der Waals surface area contributed by atoms with Crippen molar-refractivity contribution >= 4 is 17.6 Å². The van der Waals surface area contributed by atoms with Crippen LogP contribution in [0.3, 0.4) is 0 Å². The number of nitrogens with zero attached hydrogens (tertiary/aromatic N) is 1. The number of likely N-dealkylation sites (tertiary alicyclic amines) is 1. The molecular formula is C15H20N2O4. The molecule has 1 amide bonds. The summed E-state index contributed by atoms with van der Waals surface area (Å²) in [4.78, 5) is 25.7. The van der Waals surface area contributed by atoms with Crippen molar-refractivity contribution in [2.24, 2.45) is 5.92 Å². The minimum absolute atomic E-state index is 0.102. The minimum Gasteiger partial charge on any atom is -0.496 e. The molecule has 0 unspecified atom stereocenters. The van der Waals surface area contributed by atoms with Crippen LogP contribution in [0.4, 0.5) is 5.69 Å². The molecule has 0 aromatic heterocycles. The number of hydrogen-bond acceptors (Lipinski definition) is 5. The fourth-order valence-electron chi connectivity index (χ4n) is 2.54. The Labute approximate surface area is 123 Å². The highest BCUT2D eigenvalue weighted by atomic mass is 16.5. The highest BCUT2D eigenvalue weighted by molar-refractivity contribution is 5.97. The zero-order valence-corrected chi connectivity index (χ0v) is 12.3. The number of rotatable bonds is 3. The van der Waals surface area contributed by atoms with Gasteiger partial charge in [-0.25, -0.2) is 0 Å². The zero-order chi connectivity index (χ0) is 15.4. The number of carbonyl (C=O) groups is 2. The third-order valence-electron chi connectivity index (χ3n) is 3.77. The molecule has 2 rings (SSSR count). The molecule has 0 bridgehead atoms. The third kappa shape index (κ3) is 3.26. The lowest BCUT2D eigenvalue weighted by Gasteiger charge is -2.31. The maximum Gasteiger partial charge on any atom is 0.308 e. The number of amides is 1. The number of benzene rings is 1. The van der Waals surface area contributed by atoms with Gasteiger partial charge in [-0.15, -0.1) is 0 Å². The molecule has 0 radical (unpaired) electrons. The smallest absolute Gasteiger partial charge is 0.308 e. The Morgan fingerprint density at radius 2 is 1.90 bits per heavy atom. The van der Waals surface area contributed by atoms with Crippen LogP contribution < -0.4 is 10.5 Å². The van der Waals surface area contributed by atoms with Crippen LogP contribution in [-0.2, 0) is 9.53 Å². The van der Waals surface area contributed by atoms with Crippen molar-refractivity contribution in [1.29, 1.82) is 0 Å². The van der Waals surface area contributed by atoms with Crippen LogP contribution in [0.5, 0.6) is 5.75 Å². The largest absolute Gasteiger partial charge is 0.496 e. The molecule has 21 heavy (non-hydrogen) atoms. The molecule has 1 aliphatic rings. The summed E-state index contributed by atoms with van der Waals surface area (Å²) < 4.78 is 9.96. The lowest BCUT2D eigenvalue weighted by atomic mass is 9.96. The van der Waals surface area contributed by atoms with Gasteiger partial charge >= 0.3 is 5.97 Å². The Morgan fingerprint density at radius 3 is 2.48 bits per heavy atom. The van der Waals surface area contributed by atoms with E-state index in [1.165, 1.54) is 14.2 Å². The maximum absolute atomic E-state index is 12.5. The van der Waals surface area contributed by atoms with Crippen LogP contribution in [0.25, 0.3) is 0 Å². The van der Waals surface area contributed by atoms with Gasteiger partial charge < -0.3 is 20.1 Å². The number of anilines is 1.